The molecule has 1 aliphatic carbocycles. The van der Waals surface area contributed by atoms with E-state index in [9.17, 15) is 0 Å². The largest absolute Gasteiger partial charge is 0.493 e. The van der Waals surface area contributed by atoms with Gasteiger partial charge in [0.25, 0.3) is 0 Å². The first kappa shape index (κ1) is 19.7. The van der Waals surface area contributed by atoms with E-state index in [1.807, 2.05) is 0 Å². The van der Waals surface area contributed by atoms with Crippen molar-refractivity contribution in [3.8, 4) is 16.9 Å². The van der Waals surface area contributed by atoms with Gasteiger partial charge < -0.3 is 4.74 Å². The van der Waals surface area contributed by atoms with E-state index in [2.05, 4.69) is 69.0 Å². The Hall–Kier alpha value is -2.02. The Labute approximate surface area is 165 Å². The molecule has 0 aliphatic heterocycles. The molecule has 1 aliphatic rings. The molecule has 0 N–H and O–H groups in total. The number of benzene rings is 2. The van der Waals surface area contributed by atoms with Gasteiger partial charge in [0.2, 0.25) is 0 Å². The first-order valence-corrected chi connectivity index (χ1v) is 10.6. The molecule has 144 valence electrons. The van der Waals surface area contributed by atoms with Crippen LogP contribution in [0, 0.1) is 11.8 Å². The van der Waals surface area contributed by atoms with Crippen molar-refractivity contribution in [2.75, 3.05) is 6.61 Å². The van der Waals surface area contributed by atoms with E-state index >= 15 is 0 Å². The van der Waals surface area contributed by atoms with Gasteiger partial charge in [0.05, 0.1) is 6.61 Å². The van der Waals surface area contributed by atoms with Crippen molar-refractivity contribution < 1.29 is 4.74 Å². The van der Waals surface area contributed by atoms with E-state index in [0.717, 1.165) is 37.0 Å². The third-order valence-corrected chi connectivity index (χ3v) is 5.83. The fourth-order valence-electron chi connectivity index (χ4n) is 3.91. The summed E-state index contributed by atoms with van der Waals surface area (Å²) in [7, 11) is 0. The van der Waals surface area contributed by atoms with Crippen LogP contribution in [-0.4, -0.2) is 6.61 Å². The highest BCUT2D eigenvalue weighted by Crippen LogP contribution is 2.29. The third kappa shape index (κ3) is 6.27. The molecule has 0 heterocycles. The molecule has 0 unspecified atom stereocenters. The van der Waals surface area contributed by atoms with Crippen LogP contribution in [0.4, 0.5) is 0 Å². The van der Waals surface area contributed by atoms with Gasteiger partial charge in [0.1, 0.15) is 5.75 Å². The van der Waals surface area contributed by atoms with E-state index < -0.39 is 0 Å². The summed E-state index contributed by atoms with van der Waals surface area (Å²) in [5, 5.41) is 0. The Kier molecular flexibility index (Phi) is 7.15. The van der Waals surface area contributed by atoms with Crippen LogP contribution in [0.2, 0.25) is 0 Å². The van der Waals surface area contributed by atoms with Crippen LogP contribution in [0.5, 0.6) is 5.75 Å². The summed E-state index contributed by atoms with van der Waals surface area (Å²) in [6.45, 7) is 9.31. The first-order valence-electron chi connectivity index (χ1n) is 10.6. The summed E-state index contributed by atoms with van der Waals surface area (Å²) in [4.78, 5) is 0. The van der Waals surface area contributed by atoms with E-state index in [1.54, 1.807) is 0 Å². The molecule has 0 spiro atoms. The average Bonchev–Trinajstić information content (AvgIpc) is 2.68. The van der Waals surface area contributed by atoms with Crippen molar-refractivity contribution >= 4 is 0 Å². The van der Waals surface area contributed by atoms with Gasteiger partial charge in [0, 0.05) is 0 Å². The molecule has 0 amide bonds. The molecule has 0 atom stereocenters. The fourth-order valence-corrected chi connectivity index (χ4v) is 3.91. The second-order valence-corrected chi connectivity index (χ2v) is 8.47. The highest BCUT2D eigenvalue weighted by atomic mass is 16.5. The molecule has 27 heavy (non-hydrogen) atoms. The van der Waals surface area contributed by atoms with Crippen molar-refractivity contribution in [2.45, 2.75) is 58.8 Å². The maximum absolute atomic E-state index is 6.05. The number of hydrogen-bond acceptors (Lipinski definition) is 1. The molecule has 0 bridgehead atoms. The number of allylic oxidation sites excluding steroid dienone is 1. The maximum Gasteiger partial charge on any atom is 0.119 e. The Morgan fingerprint density at radius 1 is 0.926 bits per heavy atom. The second kappa shape index (κ2) is 9.78. The third-order valence-electron chi connectivity index (χ3n) is 5.83. The SMILES string of the molecule is C=C(C)CCCc1ccc(-c2ccc(OCC3CCC(C)CC3)cc2)cc1. The molecule has 3 rings (SSSR count). The van der Waals surface area contributed by atoms with Gasteiger partial charge in [-0.25, -0.2) is 0 Å². The summed E-state index contributed by atoms with van der Waals surface area (Å²) in [6, 6.07) is 17.5. The number of rotatable bonds is 8. The average molecular weight is 363 g/mol. The predicted molar refractivity (Wildman–Crippen MR) is 116 cm³/mol. The molecular formula is C26H34O. The van der Waals surface area contributed by atoms with Crippen molar-refractivity contribution in [2.24, 2.45) is 11.8 Å². The van der Waals surface area contributed by atoms with Gasteiger partial charge in [-0.3, -0.25) is 0 Å². The summed E-state index contributed by atoms with van der Waals surface area (Å²) < 4.78 is 6.05. The van der Waals surface area contributed by atoms with Crippen molar-refractivity contribution in [3.63, 3.8) is 0 Å². The summed E-state index contributed by atoms with van der Waals surface area (Å²) in [5.74, 6) is 2.63. The zero-order chi connectivity index (χ0) is 19.1. The molecule has 1 saturated carbocycles. The molecule has 0 radical (unpaired) electrons. The number of ether oxygens (including phenoxy) is 1. The molecule has 0 aromatic heterocycles. The lowest BCUT2D eigenvalue weighted by molar-refractivity contribution is 0.188. The number of hydrogen-bond donors (Lipinski definition) is 0. The van der Waals surface area contributed by atoms with Gasteiger partial charge in [-0.05, 0) is 79.7 Å². The van der Waals surface area contributed by atoms with Gasteiger partial charge in [-0.2, -0.15) is 0 Å². The lowest BCUT2D eigenvalue weighted by Crippen LogP contribution is -2.18. The zero-order valence-electron chi connectivity index (χ0n) is 17.0. The van der Waals surface area contributed by atoms with Crippen LogP contribution in [0.25, 0.3) is 11.1 Å². The Morgan fingerprint density at radius 2 is 1.52 bits per heavy atom. The van der Waals surface area contributed by atoms with E-state index in [4.69, 9.17) is 4.74 Å². The van der Waals surface area contributed by atoms with Crippen LogP contribution in [0.15, 0.2) is 60.7 Å². The van der Waals surface area contributed by atoms with Crippen LogP contribution >= 0.6 is 0 Å². The monoisotopic (exact) mass is 362 g/mol. The minimum atomic E-state index is 0.735. The minimum Gasteiger partial charge on any atom is -0.493 e. The number of aryl methyl sites for hydroxylation is 1. The van der Waals surface area contributed by atoms with Crippen LogP contribution in [0.3, 0.4) is 0 Å². The molecule has 1 nitrogen and oxygen atoms in total. The van der Waals surface area contributed by atoms with Gasteiger partial charge in [-0.15, -0.1) is 6.58 Å². The lowest BCUT2D eigenvalue weighted by Gasteiger charge is -2.26. The van der Waals surface area contributed by atoms with Gasteiger partial charge in [0.15, 0.2) is 0 Å². The van der Waals surface area contributed by atoms with Crippen molar-refractivity contribution in [3.05, 3.63) is 66.2 Å². The Morgan fingerprint density at radius 3 is 2.11 bits per heavy atom. The molecule has 1 heteroatoms. The topological polar surface area (TPSA) is 9.23 Å². The standard InChI is InChI=1S/C26H34O/c1-20(2)5-4-6-22-11-13-24(14-12-22)25-15-17-26(18-16-25)27-19-23-9-7-21(3)8-10-23/h11-18,21,23H,1,4-10,19H2,2-3H3. The summed E-state index contributed by atoms with van der Waals surface area (Å²) in [6.07, 6.45) is 8.77. The van der Waals surface area contributed by atoms with Crippen molar-refractivity contribution in [1.82, 2.24) is 0 Å². The molecular weight excluding hydrogens is 328 g/mol. The minimum absolute atomic E-state index is 0.735. The quantitative estimate of drug-likeness (QED) is 0.443. The van der Waals surface area contributed by atoms with Gasteiger partial charge >= 0.3 is 0 Å². The maximum atomic E-state index is 6.05. The van der Waals surface area contributed by atoms with Crippen LogP contribution < -0.4 is 4.74 Å². The fraction of sp³-hybridized carbons (Fsp3) is 0.462. The highest BCUT2D eigenvalue weighted by molar-refractivity contribution is 5.64. The normalized spacial score (nSPS) is 19.6. The zero-order valence-corrected chi connectivity index (χ0v) is 17.0. The van der Waals surface area contributed by atoms with Gasteiger partial charge in [-0.1, -0.05) is 61.7 Å². The molecule has 1 fully saturated rings. The van der Waals surface area contributed by atoms with Crippen LogP contribution in [-0.2, 0) is 6.42 Å². The summed E-state index contributed by atoms with van der Waals surface area (Å²) >= 11 is 0. The lowest BCUT2D eigenvalue weighted by atomic mass is 9.83. The Balaban J connectivity index is 1.50. The van der Waals surface area contributed by atoms with Crippen molar-refractivity contribution in [1.29, 1.82) is 0 Å². The highest BCUT2D eigenvalue weighted by Gasteiger charge is 2.18. The van der Waals surface area contributed by atoms with E-state index in [-0.39, 0.29) is 0 Å². The van der Waals surface area contributed by atoms with Crippen LogP contribution in [0.1, 0.15) is 57.9 Å². The summed E-state index contributed by atoms with van der Waals surface area (Å²) in [5.41, 5.74) is 5.20. The molecule has 0 saturated heterocycles. The molecule has 2 aromatic rings. The predicted octanol–water partition coefficient (Wildman–Crippen LogP) is 7.46. The Bertz CT molecular complexity index is 703. The van der Waals surface area contributed by atoms with E-state index in [1.165, 1.54) is 54.4 Å². The second-order valence-electron chi connectivity index (χ2n) is 8.47. The molecule has 2 aromatic carbocycles. The first-order chi connectivity index (χ1) is 13.1. The van der Waals surface area contributed by atoms with E-state index in [0.29, 0.717) is 0 Å². The smallest absolute Gasteiger partial charge is 0.119 e.